The van der Waals surface area contributed by atoms with Gasteiger partial charge in [0.1, 0.15) is 6.04 Å². The molecule has 0 heterocycles. The summed E-state index contributed by atoms with van der Waals surface area (Å²) in [6.45, 7) is 1.89. The van der Waals surface area contributed by atoms with Crippen LogP contribution in [0.4, 0.5) is 11.4 Å². The Hall–Kier alpha value is -1.71. The third-order valence-electron chi connectivity index (χ3n) is 2.68. The molecule has 4 heteroatoms. The average molecular weight is 221 g/mol. The number of carbonyl (C=O) groups is 1. The molecular weight excluding hydrogens is 202 g/mol. The molecular formula is C12H19N3O. The molecule has 0 bridgehead atoms. The highest BCUT2D eigenvalue weighted by Gasteiger charge is 2.19. The molecule has 1 aromatic carbocycles. The van der Waals surface area contributed by atoms with Crippen molar-refractivity contribution in [2.75, 3.05) is 31.8 Å². The van der Waals surface area contributed by atoms with Crippen molar-refractivity contribution >= 4 is 17.3 Å². The average Bonchev–Trinajstić information content (AvgIpc) is 2.27. The molecule has 0 aliphatic rings. The van der Waals surface area contributed by atoms with Crippen LogP contribution in [0.25, 0.3) is 0 Å². The number of amides is 1. The number of benzene rings is 1. The fourth-order valence-electron chi connectivity index (χ4n) is 1.47. The second-order valence-corrected chi connectivity index (χ2v) is 4.11. The Balaban J connectivity index is 2.81. The number of hydrogen-bond acceptors (Lipinski definition) is 3. The first-order valence-corrected chi connectivity index (χ1v) is 5.23. The van der Waals surface area contributed by atoms with Gasteiger partial charge in [-0.2, -0.15) is 0 Å². The standard InChI is InChI=1S/C12H19N3O/c1-9(12(16)14(2)3)15(4)11-7-5-10(13)6-8-11/h5-9H,13H2,1-4H3. The highest BCUT2D eigenvalue weighted by atomic mass is 16.2. The van der Waals surface area contributed by atoms with E-state index in [9.17, 15) is 4.79 Å². The molecule has 0 fully saturated rings. The van der Waals surface area contributed by atoms with Crippen LogP contribution in [0.2, 0.25) is 0 Å². The second kappa shape index (κ2) is 4.88. The molecule has 0 saturated heterocycles. The molecule has 1 unspecified atom stereocenters. The first-order valence-electron chi connectivity index (χ1n) is 5.23. The van der Waals surface area contributed by atoms with Gasteiger partial charge in [0, 0.05) is 32.5 Å². The van der Waals surface area contributed by atoms with Crippen molar-refractivity contribution in [1.29, 1.82) is 0 Å². The number of nitrogen functional groups attached to an aromatic ring is 1. The van der Waals surface area contributed by atoms with E-state index in [-0.39, 0.29) is 11.9 Å². The van der Waals surface area contributed by atoms with Crippen molar-refractivity contribution in [1.82, 2.24) is 4.90 Å². The van der Waals surface area contributed by atoms with E-state index in [4.69, 9.17) is 5.73 Å². The number of carbonyl (C=O) groups excluding carboxylic acids is 1. The van der Waals surface area contributed by atoms with E-state index in [0.29, 0.717) is 0 Å². The predicted octanol–water partition coefficient (Wildman–Crippen LogP) is 1.18. The Labute approximate surface area is 96.6 Å². The van der Waals surface area contributed by atoms with Crippen LogP contribution in [-0.4, -0.2) is 38.0 Å². The first kappa shape index (κ1) is 12.4. The fraction of sp³-hybridized carbons (Fsp3) is 0.417. The molecule has 1 amide bonds. The summed E-state index contributed by atoms with van der Waals surface area (Å²) in [5.41, 5.74) is 7.33. The summed E-state index contributed by atoms with van der Waals surface area (Å²) in [4.78, 5) is 15.3. The number of hydrogen-bond donors (Lipinski definition) is 1. The Morgan fingerprint density at radius 3 is 2.12 bits per heavy atom. The lowest BCUT2D eigenvalue weighted by Crippen LogP contribution is -2.42. The summed E-state index contributed by atoms with van der Waals surface area (Å²) >= 11 is 0. The Bertz CT molecular complexity index is 359. The van der Waals surface area contributed by atoms with Crippen molar-refractivity contribution in [3.63, 3.8) is 0 Å². The molecule has 0 aliphatic carbocycles. The normalized spacial score (nSPS) is 12.0. The largest absolute Gasteiger partial charge is 0.399 e. The SMILES string of the molecule is CC(C(=O)N(C)C)N(C)c1ccc(N)cc1. The molecule has 2 N–H and O–H groups in total. The quantitative estimate of drug-likeness (QED) is 0.780. The van der Waals surface area contributed by atoms with E-state index < -0.39 is 0 Å². The third-order valence-corrected chi connectivity index (χ3v) is 2.68. The zero-order chi connectivity index (χ0) is 12.3. The van der Waals surface area contributed by atoms with E-state index in [1.54, 1.807) is 19.0 Å². The molecule has 0 spiro atoms. The van der Waals surface area contributed by atoms with Gasteiger partial charge in [0.25, 0.3) is 0 Å². The van der Waals surface area contributed by atoms with Gasteiger partial charge in [0.15, 0.2) is 0 Å². The van der Waals surface area contributed by atoms with Gasteiger partial charge in [-0.05, 0) is 31.2 Å². The minimum absolute atomic E-state index is 0.0827. The van der Waals surface area contributed by atoms with Crippen molar-refractivity contribution in [3.05, 3.63) is 24.3 Å². The lowest BCUT2D eigenvalue weighted by Gasteiger charge is -2.28. The van der Waals surface area contributed by atoms with E-state index >= 15 is 0 Å². The van der Waals surface area contributed by atoms with Crippen LogP contribution in [0.3, 0.4) is 0 Å². The van der Waals surface area contributed by atoms with Crippen molar-refractivity contribution in [2.45, 2.75) is 13.0 Å². The molecule has 0 saturated carbocycles. The molecule has 1 atom stereocenters. The van der Waals surface area contributed by atoms with Crippen LogP contribution < -0.4 is 10.6 Å². The minimum Gasteiger partial charge on any atom is -0.399 e. The summed E-state index contributed by atoms with van der Waals surface area (Å²) in [6, 6.07) is 7.31. The van der Waals surface area contributed by atoms with Crippen LogP contribution in [0.15, 0.2) is 24.3 Å². The van der Waals surface area contributed by atoms with Gasteiger partial charge < -0.3 is 15.5 Å². The maximum absolute atomic E-state index is 11.8. The van der Waals surface area contributed by atoms with Crippen LogP contribution in [0.5, 0.6) is 0 Å². The summed E-state index contributed by atoms with van der Waals surface area (Å²) in [5, 5.41) is 0. The Kier molecular flexibility index (Phi) is 3.77. The highest BCUT2D eigenvalue weighted by Crippen LogP contribution is 2.17. The lowest BCUT2D eigenvalue weighted by atomic mass is 10.2. The lowest BCUT2D eigenvalue weighted by molar-refractivity contribution is -0.129. The number of likely N-dealkylation sites (N-methyl/N-ethyl adjacent to an activating group) is 2. The van der Waals surface area contributed by atoms with Gasteiger partial charge >= 0.3 is 0 Å². The second-order valence-electron chi connectivity index (χ2n) is 4.11. The minimum atomic E-state index is -0.182. The molecule has 1 aromatic rings. The van der Waals surface area contributed by atoms with E-state index in [2.05, 4.69) is 0 Å². The van der Waals surface area contributed by atoms with Gasteiger partial charge in [-0.1, -0.05) is 0 Å². The van der Waals surface area contributed by atoms with Gasteiger partial charge in [-0.25, -0.2) is 0 Å². The topological polar surface area (TPSA) is 49.6 Å². The molecule has 16 heavy (non-hydrogen) atoms. The Morgan fingerprint density at radius 1 is 1.19 bits per heavy atom. The number of anilines is 2. The molecule has 0 aromatic heterocycles. The number of nitrogens with two attached hydrogens (primary N) is 1. The maximum Gasteiger partial charge on any atom is 0.244 e. The summed E-state index contributed by atoms with van der Waals surface area (Å²) in [6.07, 6.45) is 0. The van der Waals surface area contributed by atoms with E-state index in [0.717, 1.165) is 11.4 Å². The highest BCUT2D eigenvalue weighted by molar-refractivity contribution is 5.84. The fourth-order valence-corrected chi connectivity index (χ4v) is 1.47. The molecule has 4 nitrogen and oxygen atoms in total. The number of nitrogens with zero attached hydrogens (tertiary/aromatic N) is 2. The van der Waals surface area contributed by atoms with E-state index in [1.165, 1.54) is 0 Å². The van der Waals surface area contributed by atoms with E-state index in [1.807, 2.05) is 43.1 Å². The van der Waals surface area contributed by atoms with Gasteiger partial charge in [-0.15, -0.1) is 0 Å². The van der Waals surface area contributed by atoms with Gasteiger partial charge in [-0.3, -0.25) is 4.79 Å². The maximum atomic E-state index is 11.8. The van der Waals surface area contributed by atoms with Crippen molar-refractivity contribution in [3.8, 4) is 0 Å². The monoisotopic (exact) mass is 221 g/mol. The van der Waals surface area contributed by atoms with Gasteiger partial charge in [0.2, 0.25) is 5.91 Å². The van der Waals surface area contributed by atoms with Crippen LogP contribution in [-0.2, 0) is 4.79 Å². The zero-order valence-corrected chi connectivity index (χ0v) is 10.3. The third kappa shape index (κ3) is 2.66. The first-order chi connectivity index (χ1) is 7.43. The van der Waals surface area contributed by atoms with Crippen LogP contribution >= 0.6 is 0 Å². The summed E-state index contributed by atoms with van der Waals surface area (Å²) in [5.74, 6) is 0.0827. The smallest absolute Gasteiger partial charge is 0.244 e. The molecule has 0 aliphatic heterocycles. The van der Waals surface area contributed by atoms with Crippen molar-refractivity contribution < 1.29 is 4.79 Å². The zero-order valence-electron chi connectivity index (χ0n) is 10.3. The molecule has 0 radical (unpaired) electrons. The molecule has 88 valence electrons. The molecule has 1 rings (SSSR count). The Morgan fingerprint density at radius 2 is 1.69 bits per heavy atom. The predicted molar refractivity (Wildman–Crippen MR) is 67.4 cm³/mol. The van der Waals surface area contributed by atoms with Crippen LogP contribution in [0.1, 0.15) is 6.92 Å². The van der Waals surface area contributed by atoms with Crippen molar-refractivity contribution in [2.24, 2.45) is 0 Å². The number of rotatable bonds is 3. The summed E-state index contributed by atoms with van der Waals surface area (Å²) in [7, 11) is 5.42. The van der Waals surface area contributed by atoms with Crippen LogP contribution in [0, 0.1) is 0 Å². The van der Waals surface area contributed by atoms with Gasteiger partial charge in [0.05, 0.1) is 0 Å². The summed E-state index contributed by atoms with van der Waals surface area (Å²) < 4.78 is 0.